The van der Waals surface area contributed by atoms with E-state index in [0.717, 1.165) is 28.3 Å². The maximum atomic E-state index is 9.61. The Morgan fingerprint density at radius 3 is 2.67 bits per heavy atom. The van der Waals surface area contributed by atoms with Crippen LogP contribution in [0, 0.1) is 6.92 Å². The van der Waals surface area contributed by atoms with Crippen LogP contribution in [0.15, 0.2) is 42.7 Å². The molecule has 90 valence electrons. The largest absolute Gasteiger partial charge is 0.390 e. The van der Waals surface area contributed by atoms with Crippen molar-refractivity contribution in [3.8, 4) is 11.3 Å². The van der Waals surface area contributed by atoms with Crippen LogP contribution in [0.3, 0.4) is 0 Å². The van der Waals surface area contributed by atoms with E-state index in [1.54, 1.807) is 12.4 Å². The van der Waals surface area contributed by atoms with Gasteiger partial charge in [0, 0.05) is 23.7 Å². The van der Waals surface area contributed by atoms with Crippen LogP contribution in [-0.4, -0.2) is 19.5 Å². The summed E-state index contributed by atoms with van der Waals surface area (Å²) in [4.78, 5) is 8.59. The van der Waals surface area contributed by atoms with Gasteiger partial charge in [-0.05, 0) is 31.2 Å². The molecule has 0 spiro atoms. The quantitative estimate of drug-likeness (QED) is 0.745. The van der Waals surface area contributed by atoms with Gasteiger partial charge in [-0.25, -0.2) is 4.98 Å². The number of aryl methyl sites for hydroxylation is 1. The summed E-state index contributed by atoms with van der Waals surface area (Å²) in [6.45, 7) is 1.97. The molecule has 3 heterocycles. The smallest absolute Gasteiger partial charge is 0.137 e. The zero-order valence-electron chi connectivity index (χ0n) is 10.0. The number of rotatable bonds is 2. The van der Waals surface area contributed by atoms with Gasteiger partial charge in [-0.15, -0.1) is 0 Å². The summed E-state index contributed by atoms with van der Waals surface area (Å²) >= 11 is 0. The van der Waals surface area contributed by atoms with Gasteiger partial charge >= 0.3 is 0 Å². The van der Waals surface area contributed by atoms with Crippen molar-refractivity contribution in [3.05, 3.63) is 54.1 Å². The van der Waals surface area contributed by atoms with Crippen LogP contribution >= 0.6 is 0 Å². The van der Waals surface area contributed by atoms with Crippen LogP contribution in [0.2, 0.25) is 0 Å². The summed E-state index contributed by atoms with van der Waals surface area (Å²) in [6.07, 6.45) is 3.46. The first-order chi connectivity index (χ1) is 8.81. The van der Waals surface area contributed by atoms with E-state index in [1.807, 2.05) is 41.7 Å². The van der Waals surface area contributed by atoms with Crippen LogP contribution in [0.25, 0.3) is 16.9 Å². The van der Waals surface area contributed by atoms with Crippen molar-refractivity contribution in [2.75, 3.05) is 0 Å². The molecule has 0 aliphatic carbocycles. The number of hydrogen-bond acceptors (Lipinski definition) is 3. The summed E-state index contributed by atoms with van der Waals surface area (Å²) in [5, 5.41) is 9.61. The third-order valence-corrected chi connectivity index (χ3v) is 3.04. The molecule has 4 nitrogen and oxygen atoms in total. The summed E-state index contributed by atoms with van der Waals surface area (Å²) in [6, 6.07) is 9.71. The van der Waals surface area contributed by atoms with Crippen molar-refractivity contribution in [1.29, 1.82) is 0 Å². The minimum absolute atomic E-state index is 0.0380. The van der Waals surface area contributed by atoms with Crippen molar-refractivity contribution in [3.63, 3.8) is 0 Å². The number of aromatic nitrogens is 3. The molecule has 0 saturated heterocycles. The molecule has 0 aromatic carbocycles. The van der Waals surface area contributed by atoms with E-state index < -0.39 is 0 Å². The van der Waals surface area contributed by atoms with E-state index in [1.165, 1.54) is 0 Å². The summed E-state index contributed by atoms with van der Waals surface area (Å²) in [5.74, 6) is 0. The normalized spacial score (nSPS) is 11.0. The predicted molar refractivity (Wildman–Crippen MR) is 69.1 cm³/mol. The molecule has 1 N–H and O–H groups in total. The Hall–Kier alpha value is -2.20. The number of aliphatic hydroxyl groups is 1. The first-order valence-electron chi connectivity index (χ1n) is 5.79. The van der Waals surface area contributed by atoms with Crippen molar-refractivity contribution >= 4 is 5.65 Å². The van der Waals surface area contributed by atoms with Crippen LogP contribution < -0.4 is 0 Å². The average molecular weight is 239 g/mol. The highest BCUT2D eigenvalue weighted by atomic mass is 16.3. The second kappa shape index (κ2) is 4.23. The molecule has 0 unspecified atom stereocenters. The Bertz CT molecular complexity index is 689. The topological polar surface area (TPSA) is 50.4 Å². The number of aliphatic hydroxyl groups excluding tert-OH is 1. The number of nitrogens with zero attached hydrogens (tertiary/aromatic N) is 3. The Morgan fingerprint density at radius 1 is 1.17 bits per heavy atom. The maximum absolute atomic E-state index is 9.61. The van der Waals surface area contributed by atoms with Crippen molar-refractivity contribution < 1.29 is 5.11 Å². The fraction of sp³-hybridized carbons (Fsp3) is 0.143. The standard InChI is InChI=1S/C14H13N3O/c1-10-3-2-4-13-16-14(12(9-18)17(10)13)11-5-7-15-8-6-11/h2-8,18H,9H2,1H3. The fourth-order valence-electron chi connectivity index (χ4n) is 2.21. The highest BCUT2D eigenvalue weighted by Crippen LogP contribution is 2.24. The van der Waals surface area contributed by atoms with Crippen LogP contribution in [0.1, 0.15) is 11.4 Å². The zero-order valence-corrected chi connectivity index (χ0v) is 10.0. The first-order valence-corrected chi connectivity index (χ1v) is 5.79. The summed E-state index contributed by atoms with van der Waals surface area (Å²) in [7, 11) is 0. The Labute approximate surface area is 105 Å². The van der Waals surface area contributed by atoms with E-state index >= 15 is 0 Å². The third kappa shape index (κ3) is 1.58. The molecule has 3 aromatic rings. The van der Waals surface area contributed by atoms with E-state index in [9.17, 15) is 5.11 Å². The molecular formula is C14H13N3O. The van der Waals surface area contributed by atoms with Gasteiger partial charge in [0.05, 0.1) is 18.0 Å². The van der Waals surface area contributed by atoms with E-state index in [0.29, 0.717) is 0 Å². The third-order valence-electron chi connectivity index (χ3n) is 3.04. The number of pyridine rings is 2. The predicted octanol–water partition coefficient (Wildman–Crippen LogP) is 2.20. The minimum Gasteiger partial charge on any atom is -0.390 e. The van der Waals surface area contributed by atoms with Gasteiger partial charge in [0.1, 0.15) is 5.65 Å². The van der Waals surface area contributed by atoms with Crippen molar-refractivity contribution in [2.45, 2.75) is 13.5 Å². The molecule has 0 aliphatic rings. The monoisotopic (exact) mass is 239 g/mol. The van der Waals surface area contributed by atoms with Gasteiger partial charge < -0.3 is 5.11 Å². The van der Waals surface area contributed by atoms with Crippen LogP contribution in [0.5, 0.6) is 0 Å². The van der Waals surface area contributed by atoms with Gasteiger partial charge in [0.2, 0.25) is 0 Å². The molecule has 3 rings (SSSR count). The Morgan fingerprint density at radius 2 is 1.94 bits per heavy atom. The molecule has 0 amide bonds. The molecule has 0 radical (unpaired) electrons. The molecule has 4 heteroatoms. The van der Waals surface area contributed by atoms with E-state index in [-0.39, 0.29) is 6.61 Å². The Balaban J connectivity index is 2.34. The summed E-state index contributed by atoms with van der Waals surface area (Å²) in [5.41, 5.74) is 4.51. The van der Waals surface area contributed by atoms with Crippen molar-refractivity contribution in [2.24, 2.45) is 0 Å². The molecule has 0 atom stereocenters. The lowest BCUT2D eigenvalue weighted by Gasteiger charge is -2.04. The Kier molecular flexibility index (Phi) is 2.57. The van der Waals surface area contributed by atoms with Crippen LogP contribution in [0.4, 0.5) is 0 Å². The highest BCUT2D eigenvalue weighted by Gasteiger charge is 2.13. The maximum Gasteiger partial charge on any atom is 0.137 e. The SMILES string of the molecule is Cc1cccc2nc(-c3ccncc3)c(CO)n12. The lowest BCUT2D eigenvalue weighted by atomic mass is 10.1. The molecule has 0 aliphatic heterocycles. The molecule has 3 aromatic heterocycles. The van der Waals surface area contributed by atoms with Gasteiger partial charge in [-0.3, -0.25) is 9.38 Å². The molecule has 0 saturated carbocycles. The second-order valence-corrected chi connectivity index (χ2v) is 4.16. The summed E-state index contributed by atoms with van der Waals surface area (Å²) < 4.78 is 1.98. The van der Waals surface area contributed by atoms with E-state index in [4.69, 9.17) is 0 Å². The van der Waals surface area contributed by atoms with Gasteiger partial charge in [0.15, 0.2) is 0 Å². The van der Waals surface area contributed by atoms with Gasteiger partial charge in [-0.2, -0.15) is 0 Å². The van der Waals surface area contributed by atoms with E-state index in [2.05, 4.69) is 9.97 Å². The zero-order chi connectivity index (χ0) is 12.5. The van der Waals surface area contributed by atoms with Gasteiger partial charge in [0.25, 0.3) is 0 Å². The molecule has 18 heavy (non-hydrogen) atoms. The molecule has 0 bridgehead atoms. The fourth-order valence-corrected chi connectivity index (χ4v) is 2.21. The first kappa shape index (κ1) is 10.9. The number of imidazole rings is 1. The number of hydrogen-bond donors (Lipinski definition) is 1. The second-order valence-electron chi connectivity index (χ2n) is 4.16. The lowest BCUT2D eigenvalue weighted by Crippen LogP contribution is -1.97. The van der Waals surface area contributed by atoms with Crippen molar-refractivity contribution in [1.82, 2.24) is 14.4 Å². The molecular weight excluding hydrogens is 226 g/mol. The van der Waals surface area contributed by atoms with Gasteiger partial charge in [-0.1, -0.05) is 6.07 Å². The minimum atomic E-state index is -0.0380. The number of fused-ring (bicyclic) bond motifs is 1. The van der Waals surface area contributed by atoms with Crippen LogP contribution in [-0.2, 0) is 6.61 Å². The lowest BCUT2D eigenvalue weighted by molar-refractivity contribution is 0.276. The molecule has 0 fully saturated rings. The average Bonchev–Trinajstić information content (AvgIpc) is 2.79. The highest BCUT2D eigenvalue weighted by molar-refractivity contribution is 5.66.